The molecule has 0 radical (unpaired) electrons. The fourth-order valence-corrected chi connectivity index (χ4v) is 1.75. The van der Waals surface area contributed by atoms with E-state index < -0.39 is 12.5 Å². The van der Waals surface area contributed by atoms with Gasteiger partial charge >= 0.3 is 6.36 Å². The number of carbonyl (C=O) groups is 1. The number of ether oxygens (including phenoxy) is 2. The number of amides is 1. The molecule has 1 fully saturated rings. The SMILES string of the molecule is O=C(Nc1ccc(OC(F)(F)F)cc1)C1CCCO1. The van der Waals surface area contributed by atoms with Crippen molar-refractivity contribution in [3.8, 4) is 5.75 Å². The third-order valence-electron chi connectivity index (χ3n) is 2.58. The minimum Gasteiger partial charge on any atom is -0.406 e. The zero-order valence-corrected chi connectivity index (χ0v) is 9.87. The molecule has 1 aliphatic rings. The zero-order chi connectivity index (χ0) is 13.9. The molecule has 19 heavy (non-hydrogen) atoms. The summed E-state index contributed by atoms with van der Waals surface area (Å²) in [7, 11) is 0. The molecule has 1 aromatic carbocycles. The largest absolute Gasteiger partial charge is 0.573 e. The second-order valence-corrected chi connectivity index (χ2v) is 4.06. The first-order chi connectivity index (χ1) is 8.94. The Morgan fingerprint density at radius 2 is 2.00 bits per heavy atom. The Bertz CT molecular complexity index is 439. The molecule has 4 nitrogen and oxygen atoms in total. The fourth-order valence-electron chi connectivity index (χ4n) is 1.75. The molecule has 0 aromatic heterocycles. The van der Waals surface area contributed by atoms with E-state index in [0.29, 0.717) is 18.7 Å². The van der Waals surface area contributed by atoms with E-state index in [0.717, 1.165) is 18.6 Å². The molecule has 0 bridgehead atoms. The van der Waals surface area contributed by atoms with E-state index in [1.165, 1.54) is 12.1 Å². The van der Waals surface area contributed by atoms with E-state index in [1.54, 1.807) is 0 Å². The molecule has 1 amide bonds. The molecule has 1 aliphatic heterocycles. The summed E-state index contributed by atoms with van der Waals surface area (Å²) in [5, 5.41) is 2.57. The number of nitrogens with one attached hydrogen (secondary N) is 1. The van der Waals surface area contributed by atoms with E-state index >= 15 is 0 Å². The molecule has 104 valence electrons. The molecular formula is C12H12F3NO3. The van der Waals surface area contributed by atoms with Crippen LogP contribution >= 0.6 is 0 Å². The van der Waals surface area contributed by atoms with Crippen molar-refractivity contribution in [2.75, 3.05) is 11.9 Å². The van der Waals surface area contributed by atoms with Gasteiger partial charge in [-0.1, -0.05) is 0 Å². The maximum Gasteiger partial charge on any atom is 0.573 e. The van der Waals surface area contributed by atoms with Crippen molar-refractivity contribution in [3.63, 3.8) is 0 Å². The quantitative estimate of drug-likeness (QED) is 0.922. The highest BCUT2D eigenvalue weighted by Crippen LogP contribution is 2.24. The van der Waals surface area contributed by atoms with Gasteiger partial charge in [0, 0.05) is 12.3 Å². The maximum absolute atomic E-state index is 11.9. The maximum atomic E-state index is 11.9. The van der Waals surface area contributed by atoms with E-state index in [4.69, 9.17) is 4.74 Å². The summed E-state index contributed by atoms with van der Waals surface area (Å²) < 4.78 is 44.8. The highest BCUT2D eigenvalue weighted by molar-refractivity contribution is 5.94. The molecule has 1 aromatic rings. The van der Waals surface area contributed by atoms with Gasteiger partial charge in [0.2, 0.25) is 0 Å². The lowest BCUT2D eigenvalue weighted by Crippen LogP contribution is -2.26. The summed E-state index contributed by atoms with van der Waals surface area (Å²) in [5.74, 6) is -0.621. The summed E-state index contributed by atoms with van der Waals surface area (Å²) in [5.41, 5.74) is 0.398. The molecule has 7 heteroatoms. The van der Waals surface area contributed by atoms with Crippen LogP contribution in [0, 0.1) is 0 Å². The molecule has 0 spiro atoms. The molecule has 1 heterocycles. The first kappa shape index (κ1) is 13.7. The van der Waals surface area contributed by atoms with E-state index in [9.17, 15) is 18.0 Å². The van der Waals surface area contributed by atoms with E-state index in [-0.39, 0.29) is 11.7 Å². The van der Waals surface area contributed by atoms with Gasteiger partial charge in [0.05, 0.1) is 0 Å². The van der Waals surface area contributed by atoms with Gasteiger partial charge in [-0.3, -0.25) is 4.79 Å². The zero-order valence-electron chi connectivity index (χ0n) is 9.87. The van der Waals surface area contributed by atoms with Crippen LogP contribution < -0.4 is 10.1 Å². The van der Waals surface area contributed by atoms with Crippen LogP contribution in [0.4, 0.5) is 18.9 Å². The Hall–Kier alpha value is -1.76. The number of anilines is 1. The average Bonchev–Trinajstić information content (AvgIpc) is 2.83. The van der Waals surface area contributed by atoms with Crippen LogP contribution in [0.2, 0.25) is 0 Å². The summed E-state index contributed by atoms with van der Waals surface area (Å²) in [6.45, 7) is 0.552. The molecule has 1 atom stereocenters. The number of hydrogen-bond acceptors (Lipinski definition) is 3. The van der Waals surface area contributed by atoms with Crippen LogP contribution in [-0.2, 0) is 9.53 Å². The monoisotopic (exact) mass is 275 g/mol. The minimum atomic E-state index is -4.72. The highest BCUT2D eigenvalue weighted by atomic mass is 19.4. The molecule has 2 rings (SSSR count). The predicted octanol–water partition coefficient (Wildman–Crippen LogP) is 2.70. The minimum absolute atomic E-state index is 0.290. The number of benzene rings is 1. The Kier molecular flexibility index (Phi) is 3.94. The van der Waals surface area contributed by atoms with Crippen LogP contribution in [0.3, 0.4) is 0 Å². The second kappa shape index (κ2) is 5.48. The molecule has 1 N–H and O–H groups in total. The van der Waals surface area contributed by atoms with Crippen molar-refractivity contribution < 1.29 is 27.4 Å². The second-order valence-electron chi connectivity index (χ2n) is 4.06. The van der Waals surface area contributed by atoms with Crippen molar-refractivity contribution in [3.05, 3.63) is 24.3 Å². The van der Waals surface area contributed by atoms with Crippen LogP contribution in [0.5, 0.6) is 5.75 Å². The molecular weight excluding hydrogens is 263 g/mol. The topological polar surface area (TPSA) is 47.6 Å². The van der Waals surface area contributed by atoms with Gasteiger partial charge in [-0.2, -0.15) is 0 Å². The molecule has 1 saturated heterocycles. The predicted molar refractivity (Wildman–Crippen MR) is 60.7 cm³/mol. The third-order valence-corrected chi connectivity index (χ3v) is 2.58. The number of halogens is 3. The smallest absolute Gasteiger partial charge is 0.406 e. The Morgan fingerprint density at radius 3 is 2.53 bits per heavy atom. The van der Waals surface area contributed by atoms with Crippen molar-refractivity contribution >= 4 is 11.6 Å². The van der Waals surface area contributed by atoms with E-state index in [1.807, 2.05) is 0 Å². The van der Waals surface area contributed by atoms with Crippen LogP contribution in [0.15, 0.2) is 24.3 Å². The van der Waals surface area contributed by atoms with Crippen LogP contribution in [-0.4, -0.2) is 25.0 Å². The van der Waals surface area contributed by atoms with Crippen LogP contribution in [0.1, 0.15) is 12.8 Å². The van der Waals surface area contributed by atoms with Gasteiger partial charge in [-0.05, 0) is 37.1 Å². The van der Waals surface area contributed by atoms with Crippen LogP contribution in [0.25, 0.3) is 0 Å². The Morgan fingerprint density at radius 1 is 1.32 bits per heavy atom. The van der Waals surface area contributed by atoms with Gasteiger partial charge in [0.25, 0.3) is 5.91 Å². The first-order valence-electron chi connectivity index (χ1n) is 5.72. The van der Waals surface area contributed by atoms with E-state index in [2.05, 4.69) is 10.1 Å². The number of hydrogen-bond donors (Lipinski definition) is 1. The number of carbonyl (C=O) groups excluding carboxylic acids is 1. The fraction of sp³-hybridized carbons (Fsp3) is 0.417. The molecule has 0 aliphatic carbocycles. The Labute approximate surface area is 107 Å². The lowest BCUT2D eigenvalue weighted by Gasteiger charge is -2.12. The van der Waals surface area contributed by atoms with Crippen molar-refractivity contribution in [1.29, 1.82) is 0 Å². The summed E-state index contributed by atoms with van der Waals surface area (Å²) >= 11 is 0. The average molecular weight is 275 g/mol. The first-order valence-corrected chi connectivity index (χ1v) is 5.72. The highest BCUT2D eigenvalue weighted by Gasteiger charge is 2.31. The van der Waals surface area contributed by atoms with Crippen molar-refractivity contribution in [2.45, 2.75) is 25.3 Å². The van der Waals surface area contributed by atoms with Crippen molar-refractivity contribution in [2.24, 2.45) is 0 Å². The number of alkyl halides is 3. The summed E-state index contributed by atoms with van der Waals surface area (Å²) in [6, 6.07) is 4.96. The molecule has 1 unspecified atom stereocenters. The molecule has 0 saturated carbocycles. The van der Waals surface area contributed by atoms with Gasteiger partial charge in [0.15, 0.2) is 0 Å². The van der Waals surface area contributed by atoms with Gasteiger partial charge < -0.3 is 14.8 Å². The normalized spacial score (nSPS) is 19.2. The lowest BCUT2D eigenvalue weighted by molar-refractivity contribution is -0.274. The van der Waals surface area contributed by atoms with Gasteiger partial charge in [-0.15, -0.1) is 13.2 Å². The third kappa shape index (κ3) is 4.13. The van der Waals surface area contributed by atoms with Gasteiger partial charge in [0.1, 0.15) is 11.9 Å². The number of rotatable bonds is 3. The standard InChI is InChI=1S/C12H12F3NO3/c13-12(14,15)19-9-5-3-8(4-6-9)16-11(17)10-2-1-7-18-10/h3-6,10H,1-2,7H2,(H,16,17). The summed E-state index contributed by atoms with van der Waals surface area (Å²) in [4.78, 5) is 11.7. The summed E-state index contributed by atoms with van der Waals surface area (Å²) in [6.07, 6.45) is -3.72. The van der Waals surface area contributed by atoms with Gasteiger partial charge in [-0.25, -0.2) is 0 Å². The lowest BCUT2D eigenvalue weighted by atomic mass is 10.2. The van der Waals surface area contributed by atoms with Crippen molar-refractivity contribution in [1.82, 2.24) is 0 Å². The Balaban J connectivity index is 1.93.